The van der Waals surface area contributed by atoms with Gasteiger partial charge in [0.15, 0.2) is 0 Å². The minimum absolute atomic E-state index is 0.403. The third-order valence-corrected chi connectivity index (χ3v) is 3.33. The van der Waals surface area contributed by atoms with E-state index in [9.17, 15) is 4.79 Å². The fourth-order valence-corrected chi connectivity index (χ4v) is 2.42. The van der Waals surface area contributed by atoms with Crippen molar-refractivity contribution in [3.63, 3.8) is 0 Å². The molecular formula is C17H21N3O. The van der Waals surface area contributed by atoms with Gasteiger partial charge in [0.1, 0.15) is 0 Å². The van der Waals surface area contributed by atoms with Gasteiger partial charge >= 0.3 is 0 Å². The first-order chi connectivity index (χ1) is 10.1. The third kappa shape index (κ3) is 3.75. The molecule has 0 atom stereocenters. The zero-order valence-electron chi connectivity index (χ0n) is 12.3. The lowest BCUT2D eigenvalue weighted by molar-refractivity contribution is 0.100. The van der Waals surface area contributed by atoms with Crippen LogP contribution in [0.5, 0.6) is 0 Å². The van der Waals surface area contributed by atoms with Crippen molar-refractivity contribution in [3.05, 3.63) is 59.7 Å². The molecule has 21 heavy (non-hydrogen) atoms. The molecule has 0 unspecified atom stereocenters. The Hall–Kier alpha value is -2.49. The first kappa shape index (κ1) is 14.9. The van der Waals surface area contributed by atoms with Gasteiger partial charge in [0, 0.05) is 24.5 Å². The lowest BCUT2D eigenvalue weighted by Crippen LogP contribution is -2.26. The standard InChI is InChI=1S/C17H21N3O/c1-2-10-20(12-13-6-5-7-14(18)11-13)16-9-4-3-8-15(16)17(19)21/h3-9,11H,2,10,12,18H2,1H3,(H2,19,21). The molecule has 2 rings (SSSR count). The maximum absolute atomic E-state index is 11.6. The van der Waals surface area contributed by atoms with Gasteiger partial charge < -0.3 is 16.4 Å². The number of hydrogen-bond acceptors (Lipinski definition) is 3. The fourth-order valence-electron chi connectivity index (χ4n) is 2.42. The SMILES string of the molecule is CCCN(Cc1cccc(N)c1)c1ccccc1C(N)=O. The van der Waals surface area contributed by atoms with Crippen molar-refractivity contribution in [2.75, 3.05) is 17.2 Å². The Balaban J connectivity index is 2.33. The number of benzene rings is 2. The van der Waals surface area contributed by atoms with Gasteiger partial charge in [-0.05, 0) is 36.2 Å². The lowest BCUT2D eigenvalue weighted by atomic mass is 10.1. The molecule has 0 aliphatic heterocycles. The predicted octanol–water partition coefficient (Wildman–Crippen LogP) is 2.78. The molecule has 4 heteroatoms. The van der Waals surface area contributed by atoms with Crippen LogP contribution in [0, 0.1) is 0 Å². The van der Waals surface area contributed by atoms with Crippen LogP contribution in [0.15, 0.2) is 48.5 Å². The second kappa shape index (κ2) is 6.79. The van der Waals surface area contributed by atoms with Crippen LogP contribution in [0.4, 0.5) is 11.4 Å². The number of rotatable bonds is 6. The highest BCUT2D eigenvalue weighted by Crippen LogP contribution is 2.23. The quantitative estimate of drug-likeness (QED) is 0.801. The van der Waals surface area contributed by atoms with Gasteiger partial charge in [-0.25, -0.2) is 0 Å². The number of anilines is 2. The van der Waals surface area contributed by atoms with Crippen molar-refractivity contribution in [3.8, 4) is 0 Å². The summed E-state index contributed by atoms with van der Waals surface area (Å²) >= 11 is 0. The van der Waals surface area contributed by atoms with Gasteiger partial charge in [-0.15, -0.1) is 0 Å². The molecule has 2 aromatic carbocycles. The minimum Gasteiger partial charge on any atom is -0.399 e. The Morgan fingerprint density at radius 2 is 1.90 bits per heavy atom. The van der Waals surface area contributed by atoms with E-state index < -0.39 is 5.91 Å². The summed E-state index contributed by atoms with van der Waals surface area (Å²) < 4.78 is 0. The van der Waals surface area contributed by atoms with Crippen molar-refractivity contribution in [1.82, 2.24) is 0 Å². The average molecular weight is 283 g/mol. The van der Waals surface area contributed by atoms with Crippen LogP contribution in [-0.4, -0.2) is 12.5 Å². The van der Waals surface area contributed by atoms with Gasteiger partial charge in [0.25, 0.3) is 5.91 Å². The Morgan fingerprint density at radius 3 is 2.57 bits per heavy atom. The van der Waals surface area contributed by atoms with Crippen molar-refractivity contribution in [1.29, 1.82) is 0 Å². The normalized spacial score (nSPS) is 10.3. The number of carbonyl (C=O) groups is 1. The summed E-state index contributed by atoms with van der Waals surface area (Å²) in [7, 11) is 0. The van der Waals surface area contributed by atoms with Gasteiger partial charge in [0.2, 0.25) is 0 Å². The van der Waals surface area contributed by atoms with Crippen LogP contribution in [-0.2, 0) is 6.54 Å². The molecule has 110 valence electrons. The molecule has 0 heterocycles. The van der Waals surface area contributed by atoms with Crippen molar-refractivity contribution in [2.24, 2.45) is 5.73 Å². The van der Waals surface area contributed by atoms with Crippen LogP contribution >= 0.6 is 0 Å². The Kier molecular flexibility index (Phi) is 4.82. The number of nitrogens with zero attached hydrogens (tertiary/aromatic N) is 1. The molecule has 0 aliphatic carbocycles. The molecule has 0 spiro atoms. The average Bonchev–Trinajstić information content (AvgIpc) is 2.47. The number of amides is 1. The molecule has 0 aliphatic rings. The van der Waals surface area contributed by atoms with Crippen LogP contribution in [0.1, 0.15) is 29.3 Å². The molecule has 2 aromatic rings. The van der Waals surface area contributed by atoms with Gasteiger partial charge in [-0.3, -0.25) is 4.79 Å². The Morgan fingerprint density at radius 1 is 1.14 bits per heavy atom. The van der Waals surface area contributed by atoms with E-state index in [4.69, 9.17) is 11.5 Å². The van der Waals surface area contributed by atoms with Gasteiger partial charge in [-0.1, -0.05) is 31.2 Å². The molecule has 0 fully saturated rings. The molecule has 4 nitrogen and oxygen atoms in total. The molecule has 0 saturated heterocycles. The minimum atomic E-state index is -0.403. The Bertz CT molecular complexity index is 625. The summed E-state index contributed by atoms with van der Waals surface area (Å²) in [5, 5.41) is 0. The van der Waals surface area contributed by atoms with Crippen LogP contribution in [0.3, 0.4) is 0 Å². The fraction of sp³-hybridized carbons (Fsp3) is 0.235. The summed E-state index contributed by atoms with van der Waals surface area (Å²) in [5.74, 6) is -0.403. The number of para-hydroxylation sites is 1. The van der Waals surface area contributed by atoms with E-state index in [0.29, 0.717) is 12.1 Å². The molecular weight excluding hydrogens is 262 g/mol. The Labute approximate surface area is 125 Å². The maximum Gasteiger partial charge on any atom is 0.250 e. The third-order valence-electron chi connectivity index (χ3n) is 3.33. The molecule has 1 amide bonds. The predicted molar refractivity (Wildman–Crippen MR) is 87.2 cm³/mol. The van der Waals surface area contributed by atoms with Crippen LogP contribution in [0.25, 0.3) is 0 Å². The topological polar surface area (TPSA) is 72.3 Å². The maximum atomic E-state index is 11.6. The molecule has 0 radical (unpaired) electrons. The zero-order valence-corrected chi connectivity index (χ0v) is 12.3. The van der Waals surface area contributed by atoms with E-state index in [1.807, 2.05) is 42.5 Å². The van der Waals surface area contributed by atoms with E-state index in [0.717, 1.165) is 29.9 Å². The summed E-state index contributed by atoms with van der Waals surface area (Å²) in [6, 6.07) is 15.2. The lowest BCUT2D eigenvalue weighted by Gasteiger charge is -2.26. The monoisotopic (exact) mass is 283 g/mol. The highest BCUT2D eigenvalue weighted by atomic mass is 16.1. The summed E-state index contributed by atoms with van der Waals surface area (Å²) in [6.07, 6.45) is 0.982. The van der Waals surface area contributed by atoms with Crippen LogP contribution in [0.2, 0.25) is 0 Å². The second-order valence-electron chi connectivity index (χ2n) is 5.05. The number of nitrogens with two attached hydrogens (primary N) is 2. The molecule has 0 bridgehead atoms. The summed E-state index contributed by atoms with van der Waals surface area (Å²) in [5.41, 5.74) is 14.6. The molecule has 0 saturated carbocycles. The van der Waals surface area contributed by atoms with E-state index in [2.05, 4.69) is 11.8 Å². The van der Waals surface area contributed by atoms with Gasteiger partial charge in [-0.2, -0.15) is 0 Å². The van der Waals surface area contributed by atoms with Gasteiger partial charge in [0.05, 0.1) is 5.56 Å². The number of carbonyl (C=O) groups excluding carboxylic acids is 1. The van der Waals surface area contributed by atoms with E-state index in [1.165, 1.54) is 0 Å². The highest BCUT2D eigenvalue weighted by Gasteiger charge is 2.14. The zero-order chi connectivity index (χ0) is 15.2. The second-order valence-corrected chi connectivity index (χ2v) is 5.05. The number of hydrogen-bond donors (Lipinski definition) is 2. The first-order valence-electron chi connectivity index (χ1n) is 7.10. The van der Waals surface area contributed by atoms with E-state index >= 15 is 0 Å². The smallest absolute Gasteiger partial charge is 0.250 e. The molecule has 0 aromatic heterocycles. The largest absolute Gasteiger partial charge is 0.399 e. The van der Waals surface area contributed by atoms with Crippen LogP contribution < -0.4 is 16.4 Å². The van der Waals surface area contributed by atoms with Crippen molar-refractivity contribution in [2.45, 2.75) is 19.9 Å². The molecule has 4 N–H and O–H groups in total. The number of nitrogen functional groups attached to an aromatic ring is 1. The summed E-state index contributed by atoms with van der Waals surface area (Å²) in [4.78, 5) is 13.8. The van der Waals surface area contributed by atoms with E-state index in [-0.39, 0.29) is 0 Å². The highest BCUT2D eigenvalue weighted by molar-refractivity contribution is 5.98. The van der Waals surface area contributed by atoms with E-state index in [1.54, 1.807) is 6.07 Å². The number of primary amides is 1. The first-order valence-corrected chi connectivity index (χ1v) is 7.10. The summed E-state index contributed by atoms with van der Waals surface area (Å²) in [6.45, 7) is 3.65. The van der Waals surface area contributed by atoms with Crippen molar-refractivity contribution < 1.29 is 4.79 Å². The van der Waals surface area contributed by atoms with Crippen molar-refractivity contribution >= 4 is 17.3 Å².